The highest BCUT2D eigenvalue weighted by atomic mass is 32.2. The molecule has 120 valence electrons. The summed E-state index contributed by atoms with van der Waals surface area (Å²) in [6.45, 7) is 1.97. The number of sulfonamides is 1. The average Bonchev–Trinajstić information content (AvgIpc) is 2.90. The zero-order valence-corrected chi connectivity index (χ0v) is 14.4. The van der Waals surface area contributed by atoms with E-state index in [0.717, 1.165) is 15.4 Å². The van der Waals surface area contributed by atoms with Crippen LogP contribution in [0.3, 0.4) is 0 Å². The van der Waals surface area contributed by atoms with Crippen LogP contribution in [0.25, 0.3) is 0 Å². The second-order valence-electron chi connectivity index (χ2n) is 5.16. The molecule has 7 heteroatoms. The van der Waals surface area contributed by atoms with Crippen LogP contribution >= 0.6 is 0 Å². The Bertz CT molecular complexity index is 778. The van der Waals surface area contributed by atoms with Gasteiger partial charge in [0, 0.05) is 30.6 Å². The monoisotopic (exact) mass is 341 g/mol. The first kappa shape index (κ1) is 16.9. The van der Waals surface area contributed by atoms with Crippen molar-refractivity contribution in [2.75, 3.05) is 14.1 Å². The minimum atomic E-state index is -3.59. The Morgan fingerprint density at radius 2 is 1.77 bits per heavy atom. The van der Waals surface area contributed by atoms with Crippen LogP contribution in [0.4, 0.5) is 0 Å². The maximum atomic E-state index is 12.2. The highest BCUT2D eigenvalue weighted by Crippen LogP contribution is 2.19. The van der Waals surface area contributed by atoms with Gasteiger partial charge in [0.25, 0.3) is 10.0 Å². The number of aryl methyl sites for hydroxylation is 1. The van der Waals surface area contributed by atoms with Crippen molar-refractivity contribution in [2.45, 2.75) is 23.5 Å². The molecule has 0 spiro atoms. The van der Waals surface area contributed by atoms with Gasteiger partial charge in [-0.25, -0.2) is 12.7 Å². The first-order valence-electron chi connectivity index (χ1n) is 6.71. The predicted octanol–water partition coefficient (Wildman–Crippen LogP) is 2.29. The van der Waals surface area contributed by atoms with Crippen molar-refractivity contribution in [1.82, 2.24) is 4.31 Å². The number of hydrogen-bond donors (Lipinski definition) is 0. The van der Waals surface area contributed by atoms with Gasteiger partial charge < -0.3 is 4.42 Å². The minimum Gasteiger partial charge on any atom is -0.447 e. The zero-order valence-electron chi connectivity index (χ0n) is 12.8. The topological polar surface area (TPSA) is 67.6 Å². The zero-order chi connectivity index (χ0) is 16.3. The standard InChI is InChI=1S/C15H19NO4S2/c1-12-6-4-5-7-13(12)10-21(17)11-14-8-9-15(20-14)22(18,19)16(2)3/h4-9H,10-11H2,1-3H3/t21-/m0/s1. The fourth-order valence-electron chi connectivity index (χ4n) is 1.91. The molecule has 1 atom stereocenters. The van der Waals surface area contributed by atoms with Gasteiger partial charge in [-0.05, 0) is 30.2 Å². The van der Waals surface area contributed by atoms with Gasteiger partial charge in [0.1, 0.15) is 5.76 Å². The predicted molar refractivity (Wildman–Crippen MR) is 86.3 cm³/mol. The third-order valence-electron chi connectivity index (χ3n) is 3.25. The maximum Gasteiger partial charge on any atom is 0.275 e. The van der Waals surface area contributed by atoms with E-state index in [9.17, 15) is 12.6 Å². The molecule has 0 saturated carbocycles. The summed E-state index contributed by atoms with van der Waals surface area (Å²) >= 11 is 0. The van der Waals surface area contributed by atoms with E-state index in [0.29, 0.717) is 11.5 Å². The van der Waals surface area contributed by atoms with Crippen LogP contribution in [-0.2, 0) is 32.3 Å². The van der Waals surface area contributed by atoms with Crippen molar-refractivity contribution in [3.8, 4) is 0 Å². The largest absolute Gasteiger partial charge is 0.447 e. The molecule has 0 saturated heterocycles. The lowest BCUT2D eigenvalue weighted by Crippen LogP contribution is -2.21. The molecule has 0 fully saturated rings. The van der Waals surface area contributed by atoms with Crippen LogP contribution in [0.1, 0.15) is 16.9 Å². The molecule has 1 heterocycles. The summed E-state index contributed by atoms with van der Waals surface area (Å²) in [5.74, 6) is 1.02. The number of hydrogen-bond acceptors (Lipinski definition) is 4. The van der Waals surface area contributed by atoms with Crippen molar-refractivity contribution in [3.63, 3.8) is 0 Å². The van der Waals surface area contributed by atoms with Gasteiger partial charge in [-0.3, -0.25) is 4.21 Å². The van der Waals surface area contributed by atoms with Gasteiger partial charge in [0.05, 0.1) is 5.75 Å². The van der Waals surface area contributed by atoms with E-state index >= 15 is 0 Å². The van der Waals surface area contributed by atoms with Crippen LogP contribution < -0.4 is 0 Å². The third-order valence-corrected chi connectivity index (χ3v) is 6.18. The summed E-state index contributed by atoms with van der Waals surface area (Å²) in [5.41, 5.74) is 2.11. The molecule has 0 aliphatic heterocycles. The Morgan fingerprint density at radius 3 is 2.41 bits per heavy atom. The van der Waals surface area contributed by atoms with E-state index in [1.165, 1.54) is 20.2 Å². The van der Waals surface area contributed by atoms with Gasteiger partial charge in [0.15, 0.2) is 0 Å². The molecule has 0 radical (unpaired) electrons. The summed E-state index contributed by atoms with van der Waals surface area (Å²) in [5, 5.41) is -0.125. The van der Waals surface area contributed by atoms with Crippen molar-refractivity contribution < 1.29 is 17.0 Å². The number of rotatable bonds is 6. The van der Waals surface area contributed by atoms with Crippen LogP contribution in [-0.4, -0.2) is 31.0 Å². The van der Waals surface area contributed by atoms with Crippen molar-refractivity contribution >= 4 is 20.8 Å². The van der Waals surface area contributed by atoms with Crippen LogP contribution in [0, 0.1) is 6.92 Å². The van der Waals surface area contributed by atoms with Crippen LogP contribution in [0.5, 0.6) is 0 Å². The second-order valence-corrected chi connectivity index (χ2v) is 8.70. The highest BCUT2D eigenvalue weighted by Gasteiger charge is 2.22. The molecule has 0 unspecified atom stereocenters. The summed E-state index contributed by atoms with van der Waals surface area (Å²) in [7, 11) is -1.87. The molecule has 0 bridgehead atoms. The van der Waals surface area contributed by atoms with E-state index in [1.807, 2.05) is 31.2 Å². The Labute approximate surface area is 133 Å². The molecule has 0 aliphatic rings. The normalized spacial score (nSPS) is 13.5. The molecule has 5 nitrogen and oxygen atoms in total. The Morgan fingerprint density at radius 1 is 1.09 bits per heavy atom. The van der Waals surface area contributed by atoms with Gasteiger partial charge >= 0.3 is 0 Å². The van der Waals surface area contributed by atoms with Crippen molar-refractivity contribution in [1.29, 1.82) is 0 Å². The third kappa shape index (κ3) is 3.85. The van der Waals surface area contributed by atoms with Crippen LogP contribution in [0.2, 0.25) is 0 Å². The Kier molecular flexibility index (Phi) is 5.20. The number of furan rings is 1. The van der Waals surface area contributed by atoms with Gasteiger partial charge in [-0.2, -0.15) is 0 Å². The molecule has 1 aromatic carbocycles. The second kappa shape index (κ2) is 6.76. The quantitative estimate of drug-likeness (QED) is 0.808. The molecule has 22 heavy (non-hydrogen) atoms. The van der Waals surface area contributed by atoms with Crippen LogP contribution in [0.15, 0.2) is 45.9 Å². The van der Waals surface area contributed by atoms with Crippen molar-refractivity contribution in [2.24, 2.45) is 0 Å². The summed E-state index contributed by atoms with van der Waals surface area (Å²) in [4.78, 5) is 0. The van der Waals surface area contributed by atoms with E-state index in [2.05, 4.69) is 0 Å². The Hall–Kier alpha value is -1.44. The Balaban J connectivity index is 2.08. The molecular weight excluding hydrogens is 322 g/mol. The van der Waals surface area contributed by atoms with Gasteiger partial charge in [-0.15, -0.1) is 0 Å². The summed E-state index contributed by atoms with van der Waals surface area (Å²) in [6, 6.07) is 10.7. The molecule has 0 amide bonds. The first-order valence-corrected chi connectivity index (χ1v) is 9.64. The van der Waals surface area contributed by atoms with E-state index in [-0.39, 0.29) is 10.8 Å². The number of nitrogens with zero attached hydrogens (tertiary/aromatic N) is 1. The number of benzene rings is 1. The van der Waals surface area contributed by atoms with Crippen molar-refractivity contribution in [3.05, 3.63) is 53.3 Å². The molecule has 2 rings (SSSR count). The maximum absolute atomic E-state index is 12.2. The van der Waals surface area contributed by atoms with Gasteiger partial charge in [0.2, 0.25) is 5.09 Å². The van der Waals surface area contributed by atoms with E-state index in [4.69, 9.17) is 4.42 Å². The first-order chi connectivity index (χ1) is 10.3. The lowest BCUT2D eigenvalue weighted by molar-refractivity contribution is 0.407. The van der Waals surface area contributed by atoms with E-state index in [1.54, 1.807) is 6.07 Å². The minimum absolute atomic E-state index is 0.125. The SMILES string of the molecule is Cc1ccccc1C[S@](=O)Cc1ccc(S(=O)(=O)N(C)C)o1. The van der Waals surface area contributed by atoms with E-state index < -0.39 is 20.8 Å². The summed E-state index contributed by atoms with van der Waals surface area (Å²) in [6.07, 6.45) is 0. The summed E-state index contributed by atoms with van der Waals surface area (Å²) < 4.78 is 42.5. The van der Waals surface area contributed by atoms with Gasteiger partial charge in [-0.1, -0.05) is 24.3 Å². The molecular formula is C15H19NO4S2. The lowest BCUT2D eigenvalue weighted by Gasteiger charge is -2.08. The molecule has 0 aliphatic carbocycles. The highest BCUT2D eigenvalue weighted by molar-refractivity contribution is 7.89. The molecule has 2 aromatic rings. The average molecular weight is 341 g/mol. The molecule has 1 aromatic heterocycles. The molecule has 0 N–H and O–H groups in total. The fourth-order valence-corrected chi connectivity index (χ4v) is 3.97. The lowest BCUT2D eigenvalue weighted by atomic mass is 10.1. The fraction of sp³-hybridized carbons (Fsp3) is 0.333. The smallest absolute Gasteiger partial charge is 0.275 e.